The van der Waals surface area contributed by atoms with E-state index in [0.717, 1.165) is 6.20 Å². The highest BCUT2D eigenvalue weighted by Crippen LogP contribution is 2.27. The Labute approximate surface area is 153 Å². The molecule has 0 saturated heterocycles. The molecule has 3 aromatic heterocycles. The predicted molar refractivity (Wildman–Crippen MR) is 101 cm³/mol. The van der Waals surface area contributed by atoms with Gasteiger partial charge >= 0.3 is 0 Å². The number of nitrogen functional groups attached to an aromatic ring is 3. The van der Waals surface area contributed by atoms with Gasteiger partial charge in [-0.1, -0.05) is 6.07 Å². The monoisotopic (exact) mass is 365 g/mol. The van der Waals surface area contributed by atoms with Crippen LogP contribution in [-0.2, 0) is 6.54 Å². The molecule has 0 amide bonds. The number of fused-ring (bicyclic) bond motifs is 1. The molecule has 27 heavy (non-hydrogen) atoms. The first kappa shape index (κ1) is 16.5. The molecule has 0 spiro atoms. The van der Waals surface area contributed by atoms with Crippen molar-refractivity contribution in [3.8, 4) is 5.69 Å². The van der Waals surface area contributed by atoms with Crippen LogP contribution in [-0.4, -0.2) is 24.5 Å². The minimum atomic E-state index is -0.462. The molecule has 0 atom stereocenters. The minimum absolute atomic E-state index is 0.180. The third-order valence-corrected chi connectivity index (χ3v) is 4.05. The second-order valence-corrected chi connectivity index (χ2v) is 5.81. The molecule has 0 aliphatic heterocycles. The number of imidazole rings is 1. The van der Waals surface area contributed by atoms with E-state index >= 15 is 0 Å². The molecule has 1 aromatic carbocycles. The lowest BCUT2D eigenvalue weighted by Crippen LogP contribution is -2.11. The van der Waals surface area contributed by atoms with Crippen molar-refractivity contribution in [2.75, 3.05) is 22.5 Å². The van der Waals surface area contributed by atoms with Crippen LogP contribution in [0.15, 0.2) is 43.0 Å². The fourth-order valence-electron chi connectivity index (χ4n) is 2.83. The second kappa shape index (κ2) is 6.41. The quantitative estimate of drug-likeness (QED) is 0.400. The molecule has 0 aliphatic carbocycles. The summed E-state index contributed by atoms with van der Waals surface area (Å²) >= 11 is 0. The highest BCUT2D eigenvalue weighted by Gasteiger charge is 2.16. The molecular formula is C17H16FN9. The molecule has 0 unspecified atom stereocenters. The van der Waals surface area contributed by atoms with Crippen molar-refractivity contribution in [3.05, 3.63) is 54.6 Å². The van der Waals surface area contributed by atoms with Crippen LogP contribution < -0.4 is 22.5 Å². The van der Waals surface area contributed by atoms with Gasteiger partial charge in [0.2, 0.25) is 0 Å². The van der Waals surface area contributed by atoms with Crippen molar-refractivity contribution in [2.24, 2.45) is 0 Å². The SMILES string of the molecule is Nc1ncnc(NCc2nc3cccc(N)c3n2-c2cncc(F)c2)c1N. The summed E-state index contributed by atoms with van der Waals surface area (Å²) in [6, 6.07) is 6.75. The summed E-state index contributed by atoms with van der Waals surface area (Å²) in [7, 11) is 0. The van der Waals surface area contributed by atoms with Gasteiger partial charge in [-0.3, -0.25) is 9.55 Å². The number of benzene rings is 1. The number of halogens is 1. The van der Waals surface area contributed by atoms with E-state index in [4.69, 9.17) is 17.2 Å². The van der Waals surface area contributed by atoms with Crippen LogP contribution in [0.4, 0.5) is 27.4 Å². The number of anilines is 4. The van der Waals surface area contributed by atoms with Gasteiger partial charge < -0.3 is 22.5 Å². The Hall–Kier alpha value is -3.95. The molecule has 4 aromatic rings. The van der Waals surface area contributed by atoms with E-state index in [9.17, 15) is 4.39 Å². The number of rotatable bonds is 4. The van der Waals surface area contributed by atoms with Gasteiger partial charge in [-0.2, -0.15) is 0 Å². The van der Waals surface area contributed by atoms with Crippen LogP contribution >= 0.6 is 0 Å². The standard InChI is InChI=1S/C17H16FN9/c18-9-4-10(6-22-5-9)27-13(26-12-3-1-2-11(19)15(12)27)7-23-17-14(20)16(21)24-8-25-17/h1-6,8H,7,19-20H2,(H3,21,23,24,25). The van der Waals surface area contributed by atoms with Crippen molar-refractivity contribution in [3.63, 3.8) is 0 Å². The van der Waals surface area contributed by atoms with Gasteiger partial charge in [-0.05, 0) is 12.1 Å². The van der Waals surface area contributed by atoms with E-state index in [0.29, 0.717) is 34.1 Å². The number of nitrogens with zero attached hydrogens (tertiary/aromatic N) is 5. The van der Waals surface area contributed by atoms with E-state index in [-0.39, 0.29) is 18.1 Å². The zero-order chi connectivity index (χ0) is 19.0. The second-order valence-electron chi connectivity index (χ2n) is 5.81. The summed E-state index contributed by atoms with van der Waals surface area (Å²) in [5.41, 5.74) is 20.3. The molecule has 4 rings (SSSR count). The topological polar surface area (TPSA) is 147 Å². The number of hydrogen-bond donors (Lipinski definition) is 4. The molecule has 136 valence electrons. The Morgan fingerprint density at radius 2 is 1.96 bits per heavy atom. The summed E-state index contributed by atoms with van der Waals surface area (Å²) in [5, 5.41) is 3.08. The van der Waals surface area contributed by atoms with Gasteiger partial charge in [0.25, 0.3) is 0 Å². The number of hydrogen-bond acceptors (Lipinski definition) is 8. The lowest BCUT2D eigenvalue weighted by molar-refractivity contribution is 0.619. The summed E-state index contributed by atoms with van der Waals surface area (Å²) in [6.07, 6.45) is 3.98. The molecular weight excluding hydrogens is 349 g/mol. The van der Waals surface area contributed by atoms with Gasteiger partial charge in [0.15, 0.2) is 11.6 Å². The molecule has 0 aliphatic rings. The molecule has 9 nitrogen and oxygen atoms in total. The average Bonchev–Trinajstić information content (AvgIpc) is 3.03. The van der Waals surface area contributed by atoms with E-state index in [1.165, 1.54) is 18.6 Å². The first-order chi connectivity index (χ1) is 13.0. The Bertz CT molecular complexity index is 1140. The maximum absolute atomic E-state index is 13.7. The number of aromatic nitrogens is 5. The van der Waals surface area contributed by atoms with E-state index in [1.807, 2.05) is 6.07 Å². The fraction of sp³-hybridized carbons (Fsp3) is 0.0588. The predicted octanol–water partition coefficient (Wildman–Crippen LogP) is 1.71. The van der Waals surface area contributed by atoms with Gasteiger partial charge in [0, 0.05) is 6.07 Å². The maximum atomic E-state index is 13.7. The van der Waals surface area contributed by atoms with Crippen LogP contribution in [0.3, 0.4) is 0 Å². The van der Waals surface area contributed by atoms with Crippen LogP contribution in [0, 0.1) is 5.82 Å². The van der Waals surface area contributed by atoms with Crippen molar-refractivity contribution in [2.45, 2.75) is 6.54 Å². The largest absolute Gasteiger partial charge is 0.397 e. The lowest BCUT2D eigenvalue weighted by atomic mass is 10.2. The van der Waals surface area contributed by atoms with Crippen LogP contribution in [0.2, 0.25) is 0 Å². The van der Waals surface area contributed by atoms with E-state index in [1.54, 1.807) is 16.7 Å². The first-order valence-electron chi connectivity index (χ1n) is 8.01. The van der Waals surface area contributed by atoms with Crippen molar-refractivity contribution < 1.29 is 4.39 Å². The summed E-state index contributed by atoms with van der Waals surface area (Å²) in [5.74, 6) is 0.675. The zero-order valence-electron chi connectivity index (χ0n) is 14.1. The summed E-state index contributed by atoms with van der Waals surface area (Å²) < 4.78 is 15.5. The van der Waals surface area contributed by atoms with E-state index in [2.05, 4.69) is 25.3 Å². The van der Waals surface area contributed by atoms with E-state index < -0.39 is 5.82 Å². The minimum Gasteiger partial charge on any atom is -0.397 e. The normalized spacial score (nSPS) is 11.0. The van der Waals surface area contributed by atoms with Gasteiger partial charge in [0.1, 0.15) is 23.7 Å². The zero-order valence-corrected chi connectivity index (χ0v) is 14.1. The maximum Gasteiger partial charge on any atom is 0.155 e. The molecule has 0 bridgehead atoms. The fourth-order valence-corrected chi connectivity index (χ4v) is 2.83. The summed E-state index contributed by atoms with van der Waals surface area (Å²) in [4.78, 5) is 16.4. The number of para-hydroxylation sites is 1. The Morgan fingerprint density at radius 1 is 1.11 bits per heavy atom. The molecule has 10 heteroatoms. The Kier molecular flexibility index (Phi) is 3.92. The number of nitrogens with two attached hydrogens (primary N) is 3. The average molecular weight is 365 g/mol. The third-order valence-electron chi connectivity index (χ3n) is 4.05. The van der Waals surface area contributed by atoms with Gasteiger partial charge in [-0.25, -0.2) is 19.3 Å². The molecule has 0 saturated carbocycles. The van der Waals surface area contributed by atoms with Gasteiger partial charge in [-0.15, -0.1) is 0 Å². The molecule has 0 radical (unpaired) electrons. The van der Waals surface area contributed by atoms with Crippen molar-refractivity contribution in [1.29, 1.82) is 0 Å². The molecule has 0 fully saturated rings. The van der Waals surface area contributed by atoms with Crippen LogP contribution in [0.5, 0.6) is 0 Å². The third kappa shape index (κ3) is 2.92. The number of pyridine rings is 1. The smallest absolute Gasteiger partial charge is 0.155 e. The molecule has 7 N–H and O–H groups in total. The Morgan fingerprint density at radius 3 is 2.78 bits per heavy atom. The Balaban J connectivity index is 1.82. The van der Waals surface area contributed by atoms with Crippen molar-refractivity contribution in [1.82, 2.24) is 24.5 Å². The van der Waals surface area contributed by atoms with Crippen molar-refractivity contribution >= 4 is 34.0 Å². The highest BCUT2D eigenvalue weighted by molar-refractivity contribution is 5.89. The molecule has 3 heterocycles. The van der Waals surface area contributed by atoms with Crippen LogP contribution in [0.1, 0.15) is 5.82 Å². The number of nitrogens with one attached hydrogen (secondary N) is 1. The highest BCUT2D eigenvalue weighted by atomic mass is 19.1. The summed E-state index contributed by atoms with van der Waals surface area (Å²) in [6.45, 7) is 0.241. The first-order valence-corrected chi connectivity index (χ1v) is 8.01. The van der Waals surface area contributed by atoms with Gasteiger partial charge in [0.05, 0.1) is 41.3 Å². The van der Waals surface area contributed by atoms with Crippen LogP contribution in [0.25, 0.3) is 16.7 Å². The lowest BCUT2D eigenvalue weighted by Gasteiger charge is -2.12.